The van der Waals surface area contributed by atoms with Gasteiger partial charge >= 0.3 is 0 Å². The number of rotatable bonds is 4. The predicted molar refractivity (Wildman–Crippen MR) is 108 cm³/mol. The quantitative estimate of drug-likeness (QED) is 0.497. The lowest BCUT2D eigenvalue weighted by Crippen LogP contribution is -2.12. The van der Waals surface area contributed by atoms with Gasteiger partial charge in [0.1, 0.15) is 17.5 Å². The molecular formula is C19H16BrN5O2. The molecule has 0 aliphatic rings. The second kappa shape index (κ2) is 7.31. The number of nitrogens with two attached hydrogens (primary N) is 1. The first-order chi connectivity index (χ1) is 12.8. The minimum absolute atomic E-state index is 0.0499. The third kappa shape index (κ3) is 3.60. The third-order valence-corrected chi connectivity index (χ3v) is 4.60. The molecule has 0 fully saturated rings. The van der Waals surface area contributed by atoms with E-state index in [-0.39, 0.29) is 17.1 Å². The number of hydrogen-bond acceptors (Lipinski definition) is 6. The molecule has 0 spiro atoms. The van der Waals surface area contributed by atoms with Gasteiger partial charge in [0.05, 0.1) is 10.4 Å². The molecule has 0 atom stereocenters. The molecule has 27 heavy (non-hydrogen) atoms. The summed E-state index contributed by atoms with van der Waals surface area (Å²) in [5.41, 5.74) is 8.75. The lowest BCUT2D eigenvalue weighted by atomic mass is 9.94. The highest BCUT2D eigenvalue weighted by Crippen LogP contribution is 2.38. The van der Waals surface area contributed by atoms with Crippen LogP contribution in [0, 0.1) is 21.4 Å². The monoisotopic (exact) mass is 425 g/mol. The minimum atomic E-state index is -0.439. The molecule has 0 amide bonds. The maximum Gasteiger partial charge on any atom is 0.270 e. The summed E-state index contributed by atoms with van der Waals surface area (Å²) in [5, 5.41) is 21.7. The topological polar surface area (TPSA) is 109 Å². The number of nitrogen functional groups attached to an aromatic ring is 1. The van der Waals surface area contributed by atoms with Crippen molar-refractivity contribution in [2.75, 3.05) is 19.8 Å². The molecule has 2 N–H and O–H groups in total. The molecule has 0 unspecified atom stereocenters. The zero-order valence-electron chi connectivity index (χ0n) is 14.7. The van der Waals surface area contributed by atoms with E-state index in [1.54, 1.807) is 0 Å². The molecule has 2 aromatic carbocycles. The van der Waals surface area contributed by atoms with E-state index in [2.05, 4.69) is 27.0 Å². The lowest BCUT2D eigenvalue weighted by Gasteiger charge is -2.16. The van der Waals surface area contributed by atoms with Crippen LogP contribution in [0.1, 0.15) is 11.1 Å². The summed E-state index contributed by atoms with van der Waals surface area (Å²) < 4.78 is 0.825. The van der Waals surface area contributed by atoms with Crippen LogP contribution in [0.3, 0.4) is 0 Å². The average Bonchev–Trinajstić information content (AvgIpc) is 2.60. The predicted octanol–water partition coefficient (Wildman–Crippen LogP) is 4.09. The number of hydrogen-bond donors (Lipinski definition) is 1. The maximum absolute atomic E-state index is 11.5. The van der Waals surface area contributed by atoms with Gasteiger partial charge in [-0.1, -0.05) is 28.1 Å². The van der Waals surface area contributed by atoms with E-state index in [4.69, 9.17) is 5.73 Å². The first-order valence-corrected chi connectivity index (χ1v) is 8.82. The molecule has 136 valence electrons. The Morgan fingerprint density at radius 1 is 1.33 bits per heavy atom. The van der Waals surface area contributed by atoms with E-state index in [0.717, 1.165) is 10.0 Å². The molecule has 7 nitrogen and oxygen atoms in total. The summed E-state index contributed by atoms with van der Waals surface area (Å²) in [5.74, 6) is 0.105. The molecule has 3 aromatic rings. The van der Waals surface area contributed by atoms with E-state index in [1.807, 2.05) is 43.3 Å². The van der Waals surface area contributed by atoms with Crippen LogP contribution in [-0.2, 0) is 6.54 Å². The van der Waals surface area contributed by atoms with Gasteiger partial charge in [-0.3, -0.25) is 10.1 Å². The fraction of sp³-hybridized carbons (Fsp3) is 0.158. The van der Waals surface area contributed by atoms with Crippen LogP contribution in [0.25, 0.3) is 22.0 Å². The molecule has 0 aliphatic heterocycles. The Balaban J connectivity index is 2.50. The second-order valence-electron chi connectivity index (χ2n) is 6.37. The average molecular weight is 426 g/mol. The molecule has 3 rings (SSSR count). The largest absolute Gasteiger partial charge is 0.383 e. The number of nitrogens with zero attached hydrogens (tertiary/aromatic N) is 4. The molecular weight excluding hydrogens is 410 g/mol. The molecule has 0 radical (unpaired) electrons. The summed E-state index contributed by atoms with van der Waals surface area (Å²) in [6.45, 7) is 0.453. The van der Waals surface area contributed by atoms with Gasteiger partial charge in [-0.25, -0.2) is 4.98 Å². The highest BCUT2D eigenvalue weighted by atomic mass is 79.9. The Bertz CT molecular complexity index is 1110. The Morgan fingerprint density at radius 3 is 2.67 bits per heavy atom. The highest BCUT2D eigenvalue weighted by Gasteiger charge is 2.21. The SMILES string of the molecule is CN(C)Cc1cc([N+](=O)[O-])cc2c(-c3cccc(Br)c3)c(C#N)c(N)nc12. The van der Waals surface area contributed by atoms with Gasteiger partial charge in [0.2, 0.25) is 0 Å². The van der Waals surface area contributed by atoms with Crippen LogP contribution in [0.5, 0.6) is 0 Å². The van der Waals surface area contributed by atoms with Crippen LogP contribution in [0.15, 0.2) is 40.9 Å². The number of nitro benzene ring substituents is 1. The highest BCUT2D eigenvalue weighted by molar-refractivity contribution is 9.10. The summed E-state index contributed by atoms with van der Waals surface area (Å²) >= 11 is 3.43. The van der Waals surface area contributed by atoms with Crippen molar-refractivity contribution >= 4 is 38.3 Å². The van der Waals surface area contributed by atoms with Gasteiger partial charge in [0.25, 0.3) is 5.69 Å². The van der Waals surface area contributed by atoms with Gasteiger partial charge in [0.15, 0.2) is 0 Å². The number of aromatic nitrogens is 1. The number of anilines is 1. The second-order valence-corrected chi connectivity index (χ2v) is 7.28. The Kier molecular flexibility index (Phi) is 5.08. The molecule has 0 saturated heterocycles. The maximum atomic E-state index is 11.5. The van der Waals surface area contributed by atoms with E-state index >= 15 is 0 Å². The van der Waals surface area contributed by atoms with Crippen molar-refractivity contribution in [2.24, 2.45) is 0 Å². The summed E-state index contributed by atoms with van der Waals surface area (Å²) in [7, 11) is 3.74. The fourth-order valence-corrected chi connectivity index (χ4v) is 3.46. The zero-order chi connectivity index (χ0) is 19.7. The van der Waals surface area contributed by atoms with Gasteiger partial charge in [-0.15, -0.1) is 0 Å². The lowest BCUT2D eigenvalue weighted by molar-refractivity contribution is -0.384. The standard InChI is InChI=1S/C19H16BrN5O2/c1-24(2)10-12-7-14(25(26)27)8-15-17(11-4-3-5-13(20)6-11)16(9-21)19(22)23-18(12)15/h3-8H,10H2,1-2H3,(H2,22,23). The Labute approximate surface area is 164 Å². The van der Waals surface area contributed by atoms with Crippen molar-refractivity contribution in [3.8, 4) is 17.2 Å². The van der Waals surface area contributed by atoms with Crippen molar-refractivity contribution in [1.29, 1.82) is 5.26 Å². The molecule has 1 heterocycles. The number of nitro groups is 1. The van der Waals surface area contributed by atoms with Gasteiger partial charge in [0, 0.05) is 34.1 Å². The molecule has 0 saturated carbocycles. The summed E-state index contributed by atoms with van der Waals surface area (Å²) in [6, 6.07) is 12.4. The first-order valence-electron chi connectivity index (χ1n) is 8.03. The van der Waals surface area contributed by atoms with Crippen LogP contribution >= 0.6 is 15.9 Å². The molecule has 0 aliphatic carbocycles. The van der Waals surface area contributed by atoms with Crippen molar-refractivity contribution in [3.63, 3.8) is 0 Å². The number of halogens is 1. The van der Waals surface area contributed by atoms with Crippen LogP contribution < -0.4 is 5.73 Å². The molecule has 1 aromatic heterocycles. The van der Waals surface area contributed by atoms with Crippen molar-refractivity contribution in [2.45, 2.75) is 6.54 Å². The normalized spacial score (nSPS) is 10.9. The van der Waals surface area contributed by atoms with Crippen molar-refractivity contribution in [3.05, 3.63) is 62.1 Å². The zero-order valence-corrected chi connectivity index (χ0v) is 16.3. The van der Waals surface area contributed by atoms with Gasteiger partial charge in [-0.05, 0) is 37.4 Å². The van der Waals surface area contributed by atoms with E-state index in [0.29, 0.717) is 28.6 Å². The minimum Gasteiger partial charge on any atom is -0.383 e. The smallest absolute Gasteiger partial charge is 0.270 e. The Morgan fingerprint density at radius 2 is 2.07 bits per heavy atom. The van der Waals surface area contributed by atoms with Gasteiger partial charge in [-0.2, -0.15) is 5.26 Å². The fourth-order valence-electron chi connectivity index (χ4n) is 3.06. The van der Waals surface area contributed by atoms with E-state index in [1.165, 1.54) is 12.1 Å². The van der Waals surface area contributed by atoms with E-state index in [9.17, 15) is 15.4 Å². The van der Waals surface area contributed by atoms with E-state index < -0.39 is 4.92 Å². The Hall–Kier alpha value is -3.02. The van der Waals surface area contributed by atoms with Crippen molar-refractivity contribution < 1.29 is 4.92 Å². The molecule has 0 bridgehead atoms. The van der Waals surface area contributed by atoms with Gasteiger partial charge < -0.3 is 10.6 Å². The van der Waals surface area contributed by atoms with Crippen LogP contribution in [0.2, 0.25) is 0 Å². The van der Waals surface area contributed by atoms with Crippen LogP contribution in [0.4, 0.5) is 11.5 Å². The first kappa shape index (κ1) is 18.8. The number of nitriles is 1. The summed E-state index contributed by atoms with van der Waals surface area (Å²) in [4.78, 5) is 17.3. The number of non-ortho nitro benzene ring substituents is 1. The molecule has 8 heteroatoms. The van der Waals surface area contributed by atoms with Crippen molar-refractivity contribution in [1.82, 2.24) is 9.88 Å². The van der Waals surface area contributed by atoms with Crippen LogP contribution in [-0.4, -0.2) is 28.9 Å². The number of fused-ring (bicyclic) bond motifs is 1. The number of pyridine rings is 1. The summed E-state index contributed by atoms with van der Waals surface area (Å²) in [6.07, 6.45) is 0. The number of benzene rings is 2. The third-order valence-electron chi connectivity index (χ3n) is 4.10.